The summed E-state index contributed by atoms with van der Waals surface area (Å²) in [5.74, 6) is -0.0566. The Kier molecular flexibility index (Phi) is 8.30. The third-order valence-electron chi connectivity index (χ3n) is 4.80. The molecule has 0 atom stereocenters. The Hall–Kier alpha value is -2.63. The fraction of sp³-hybridized carbons (Fsp3) is 0.120. The highest BCUT2D eigenvalue weighted by Crippen LogP contribution is 2.37. The number of benzene rings is 3. The van der Waals surface area contributed by atoms with E-state index in [0.29, 0.717) is 34.8 Å². The summed E-state index contributed by atoms with van der Waals surface area (Å²) in [4.78, 5) is 12.5. The molecule has 0 saturated carbocycles. The zero-order valence-electron chi connectivity index (χ0n) is 18.3. The number of amides is 1. The fourth-order valence-electron chi connectivity index (χ4n) is 3.24. The zero-order chi connectivity index (χ0) is 24.9. The predicted octanol–water partition coefficient (Wildman–Crippen LogP) is 7.33. The lowest BCUT2D eigenvalue weighted by Crippen LogP contribution is -2.16. The molecule has 0 saturated heterocycles. The Morgan fingerprint density at radius 3 is 2.80 bits per heavy atom. The van der Waals surface area contributed by atoms with E-state index in [2.05, 4.69) is 49.0 Å². The molecule has 0 fully saturated rings. The van der Waals surface area contributed by atoms with Crippen molar-refractivity contribution in [1.82, 2.24) is 5.43 Å². The molecule has 0 bridgehead atoms. The van der Waals surface area contributed by atoms with Gasteiger partial charge in [0.2, 0.25) is 0 Å². The van der Waals surface area contributed by atoms with E-state index >= 15 is 0 Å². The maximum absolute atomic E-state index is 13.9. The first kappa shape index (κ1) is 25.5. The van der Waals surface area contributed by atoms with Gasteiger partial charge in [-0.3, -0.25) is 4.79 Å². The summed E-state index contributed by atoms with van der Waals surface area (Å²) in [6.45, 7) is 2.18. The van der Waals surface area contributed by atoms with Crippen LogP contribution in [0.2, 0.25) is 5.02 Å². The van der Waals surface area contributed by atoms with Crippen LogP contribution in [0.25, 0.3) is 11.0 Å². The van der Waals surface area contributed by atoms with Crippen LogP contribution in [-0.2, 0) is 6.61 Å². The molecule has 0 aliphatic rings. The number of nitrogens with zero attached hydrogens (tertiary/aromatic N) is 1. The second-order valence-electron chi connectivity index (χ2n) is 7.26. The molecule has 1 aromatic heterocycles. The van der Waals surface area contributed by atoms with Gasteiger partial charge in [-0.25, -0.2) is 9.82 Å². The first-order valence-corrected chi connectivity index (χ1v) is 12.6. The number of nitrogens with one attached hydrogen (secondary N) is 1. The Balaban J connectivity index is 1.48. The fourth-order valence-corrected chi connectivity index (χ4v) is 5.17. The largest absolute Gasteiger partial charge is 0.490 e. The topological polar surface area (TPSA) is 73.1 Å². The van der Waals surface area contributed by atoms with Crippen LogP contribution in [0, 0.1) is 9.39 Å². The van der Waals surface area contributed by atoms with E-state index in [9.17, 15) is 9.18 Å². The molecule has 1 amide bonds. The van der Waals surface area contributed by atoms with Crippen molar-refractivity contribution >= 4 is 73.2 Å². The van der Waals surface area contributed by atoms with E-state index in [1.165, 1.54) is 12.3 Å². The standard InChI is InChI=1S/C25H18BrClFIN2O4/c1-2-33-21-8-14(7-18(27)24(21)34-13-15-5-3-4-6-19(15)28)12-30-31-25(32)22-10-16-9-17(26)11-20(29)23(16)35-22/h3-12H,2,13H2,1H3,(H,31,32)/b30-12-. The number of hydrazone groups is 1. The Morgan fingerprint density at radius 2 is 2.03 bits per heavy atom. The summed E-state index contributed by atoms with van der Waals surface area (Å²) >= 11 is 12.0. The van der Waals surface area contributed by atoms with Crippen molar-refractivity contribution < 1.29 is 23.1 Å². The summed E-state index contributed by atoms with van der Waals surface area (Å²) in [6, 6.07) is 15.0. The highest BCUT2D eigenvalue weighted by molar-refractivity contribution is 14.1. The molecule has 0 unspecified atom stereocenters. The van der Waals surface area contributed by atoms with Crippen molar-refractivity contribution in [3.63, 3.8) is 0 Å². The van der Waals surface area contributed by atoms with Gasteiger partial charge in [-0.15, -0.1) is 0 Å². The number of hydrogen-bond acceptors (Lipinski definition) is 5. The number of fused-ring (bicyclic) bond motifs is 1. The van der Waals surface area contributed by atoms with Gasteiger partial charge in [0.05, 0.1) is 21.4 Å². The molecule has 4 rings (SSSR count). The number of carbonyl (C=O) groups is 1. The SMILES string of the molecule is CCOc1cc(/C=N\NC(=O)c2cc3cc(Br)cc(I)c3o2)cc(Cl)c1OCc1ccccc1F. The van der Waals surface area contributed by atoms with Crippen LogP contribution in [0.3, 0.4) is 0 Å². The van der Waals surface area contributed by atoms with Crippen LogP contribution in [0.5, 0.6) is 11.5 Å². The number of hydrogen-bond donors (Lipinski definition) is 1. The third kappa shape index (κ3) is 6.14. The number of halogens is 4. The molecular formula is C25H18BrClFIN2O4. The van der Waals surface area contributed by atoms with Crippen molar-refractivity contribution in [2.45, 2.75) is 13.5 Å². The average molecular weight is 672 g/mol. The number of ether oxygens (including phenoxy) is 2. The van der Waals surface area contributed by atoms with Crippen LogP contribution in [-0.4, -0.2) is 18.7 Å². The summed E-state index contributed by atoms with van der Waals surface area (Å²) in [7, 11) is 0. The first-order valence-electron chi connectivity index (χ1n) is 10.4. The predicted molar refractivity (Wildman–Crippen MR) is 145 cm³/mol. The summed E-state index contributed by atoms with van der Waals surface area (Å²) in [6.07, 6.45) is 1.43. The third-order valence-corrected chi connectivity index (χ3v) is 6.34. The molecule has 0 spiro atoms. The van der Waals surface area contributed by atoms with Crippen LogP contribution in [0.1, 0.15) is 28.6 Å². The van der Waals surface area contributed by atoms with E-state index < -0.39 is 5.91 Å². The van der Waals surface area contributed by atoms with Gasteiger partial charge in [-0.2, -0.15) is 5.10 Å². The van der Waals surface area contributed by atoms with E-state index in [0.717, 1.165) is 13.4 Å². The molecule has 6 nitrogen and oxygen atoms in total. The molecular weight excluding hydrogens is 654 g/mol. The average Bonchev–Trinajstić information content (AvgIpc) is 3.24. The van der Waals surface area contributed by atoms with Gasteiger partial charge in [0.15, 0.2) is 17.3 Å². The molecule has 1 N–H and O–H groups in total. The van der Waals surface area contributed by atoms with Crippen molar-refractivity contribution in [2.24, 2.45) is 5.10 Å². The van der Waals surface area contributed by atoms with Gasteiger partial charge < -0.3 is 13.9 Å². The molecule has 0 radical (unpaired) electrons. The molecule has 0 aliphatic heterocycles. The van der Waals surface area contributed by atoms with E-state index in [1.54, 1.807) is 36.4 Å². The van der Waals surface area contributed by atoms with Gasteiger partial charge in [0.1, 0.15) is 18.0 Å². The molecule has 1 heterocycles. The molecule has 10 heteroatoms. The Bertz CT molecular complexity index is 1430. The normalized spacial score (nSPS) is 11.2. The van der Waals surface area contributed by atoms with Gasteiger partial charge in [-0.1, -0.05) is 45.7 Å². The second-order valence-corrected chi connectivity index (χ2v) is 9.74. The highest BCUT2D eigenvalue weighted by atomic mass is 127. The van der Waals surface area contributed by atoms with Gasteiger partial charge in [0.25, 0.3) is 0 Å². The van der Waals surface area contributed by atoms with Crippen molar-refractivity contribution in [3.8, 4) is 11.5 Å². The number of furan rings is 1. The highest BCUT2D eigenvalue weighted by Gasteiger charge is 2.15. The Morgan fingerprint density at radius 1 is 1.23 bits per heavy atom. The number of carbonyl (C=O) groups excluding carboxylic acids is 1. The molecule has 4 aromatic rings. The van der Waals surface area contributed by atoms with Gasteiger partial charge in [0, 0.05) is 15.4 Å². The summed E-state index contributed by atoms with van der Waals surface area (Å²) in [5, 5.41) is 5.07. The Labute approximate surface area is 227 Å². The van der Waals surface area contributed by atoms with E-state index in [4.69, 9.17) is 25.5 Å². The lowest BCUT2D eigenvalue weighted by atomic mass is 10.2. The van der Waals surface area contributed by atoms with Crippen LogP contribution in [0.15, 0.2) is 68.6 Å². The molecule has 180 valence electrons. The first-order chi connectivity index (χ1) is 16.9. The molecule has 3 aromatic carbocycles. The number of rotatable bonds is 8. The van der Waals surface area contributed by atoms with E-state index in [-0.39, 0.29) is 23.2 Å². The van der Waals surface area contributed by atoms with Crippen molar-refractivity contribution in [1.29, 1.82) is 0 Å². The van der Waals surface area contributed by atoms with E-state index in [1.807, 2.05) is 19.1 Å². The van der Waals surface area contributed by atoms with Crippen LogP contribution in [0.4, 0.5) is 4.39 Å². The maximum atomic E-state index is 13.9. The minimum Gasteiger partial charge on any atom is -0.490 e. The van der Waals surface area contributed by atoms with Gasteiger partial charge in [-0.05, 0) is 71.5 Å². The monoisotopic (exact) mass is 670 g/mol. The summed E-state index contributed by atoms with van der Waals surface area (Å²) < 4.78 is 32.8. The van der Waals surface area contributed by atoms with Gasteiger partial charge >= 0.3 is 5.91 Å². The zero-order valence-corrected chi connectivity index (χ0v) is 22.8. The van der Waals surface area contributed by atoms with Crippen molar-refractivity contribution in [3.05, 3.63) is 90.4 Å². The molecule has 35 heavy (non-hydrogen) atoms. The molecule has 0 aliphatic carbocycles. The lowest BCUT2D eigenvalue weighted by molar-refractivity contribution is 0.0929. The quantitative estimate of drug-likeness (QED) is 0.121. The minimum atomic E-state index is -0.495. The van der Waals surface area contributed by atoms with Crippen LogP contribution < -0.4 is 14.9 Å². The minimum absolute atomic E-state index is 0.0109. The maximum Gasteiger partial charge on any atom is 0.307 e. The van der Waals surface area contributed by atoms with Crippen molar-refractivity contribution in [2.75, 3.05) is 6.61 Å². The lowest BCUT2D eigenvalue weighted by Gasteiger charge is -2.14. The second kappa shape index (κ2) is 11.4. The van der Waals surface area contributed by atoms with Crippen LogP contribution >= 0.6 is 50.1 Å². The summed E-state index contributed by atoms with van der Waals surface area (Å²) in [5.41, 5.74) is 4.04. The smallest absolute Gasteiger partial charge is 0.307 e.